The van der Waals surface area contributed by atoms with Crippen molar-refractivity contribution in [3.8, 4) is 0 Å². The van der Waals surface area contributed by atoms with Crippen LogP contribution in [0.4, 0.5) is 8.78 Å². The van der Waals surface area contributed by atoms with Crippen molar-refractivity contribution < 1.29 is 13.9 Å². The molecule has 2 N–H and O–H groups in total. The fraction of sp³-hybridized carbons (Fsp3) is 0.625. The molecule has 0 aliphatic carbocycles. The Morgan fingerprint density at radius 2 is 2.00 bits per heavy atom. The molecule has 1 atom stereocenters. The van der Waals surface area contributed by atoms with Gasteiger partial charge in [-0.15, -0.1) is 0 Å². The van der Waals surface area contributed by atoms with Crippen molar-refractivity contribution in [2.24, 2.45) is 0 Å². The number of rotatable bonds is 7. The van der Waals surface area contributed by atoms with Crippen LogP contribution in [-0.2, 0) is 0 Å². The number of hydrogen-bond acceptors (Lipinski definition) is 4. The molecular formula is C16H25F2N3O. The van der Waals surface area contributed by atoms with Gasteiger partial charge in [0.05, 0.1) is 6.61 Å². The number of piperazine rings is 1. The van der Waals surface area contributed by atoms with Crippen LogP contribution in [0.25, 0.3) is 0 Å². The van der Waals surface area contributed by atoms with E-state index in [0.29, 0.717) is 6.54 Å². The van der Waals surface area contributed by atoms with Gasteiger partial charge in [0, 0.05) is 45.3 Å². The molecular weight excluding hydrogens is 288 g/mol. The highest BCUT2D eigenvalue weighted by molar-refractivity contribution is 5.22. The van der Waals surface area contributed by atoms with Gasteiger partial charge in [-0.05, 0) is 24.2 Å². The van der Waals surface area contributed by atoms with Gasteiger partial charge < -0.3 is 10.4 Å². The maximum absolute atomic E-state index is 13.6. The third-order valence-electron chi connectivity index (χ3n) is 4.20. The molecule has 1 saturated heterocycles. The van der Waals surface area contributed by atoms with E-state index in [0.717, 1.165) is 44.8 Å². The number of likely N-dealkylation sites (N-methyl/N-ethyl adjacent to an activating group) is 1. The Hall–Kier alpha value is -1.08. The van der Waals surface area contributed by atoms with E-state index in [1.165, 1.54) is 12.1 Å². The molecule has 22 heavy (non-hydrogen) atoms. The van der Waals surface area contributed by atoms with Crippen LogP contribution < -0.4 is 5.32 Å². The third kappa shape index (κ3) is 4.46. The Kier molecular flexibility index (Phi) is 6.70. The second-order valence-electron chi connectivity index (χ2n) is 5.59. The van der Waals surface area contributed by atoms with Crippen LogP contribution in [-0.4, -0.2) is 67.3 Å². The number of benzene rings is 1. The van der Waals surface area contributed by atoms with E-state index in [9.17, 15) is 13.9 Å². The van der Waals surface area contributed by atoms with E-state index in [1.54, 1.807) is 6.07 Å². The minimum Gasteiger partial charge on any atom is -0.395 e. The second kappa shape index (κ2) is 8.53. The number of aliphatic hydroxyl groups excluding tert-OH is 1. The number of nitrogens with zero attached hydrogens (tertiary/aromatic N) is 2. The summed E-state index contributed by atoms with van der Waals surface area (Å²) in [5.41, 5.74) is 0.757. The first-order valence-electron chi connectivity index (χ1n) is 7.88. The first-order chi connectivity index (χ1) is 10.7. The Labute approximate surface area is 130 Å². The molecule has 1 fully saturated rings. The minimum absolute atomic E-state index is 0.0506. The summed E-state index contributed by atoms with van der Waals surface area (Å²) in [7, 11) is 0. The van der Waals surface area contributed by atoms with Gasteiger partial charge in [-0.2, -0.15) is 0 Å². The van der Waals surface area contributed by atoms with Gasteiger partial charge >= 0.3 is 0 Å². The van der Waals surface area contributed by atoms with Crippen LogP contribution in [0.3, 0.4) is 0 Å². The molecule has 1 unspecified atom stereocenters. The lowest BCUT2D eigenvalue weighted by molar-refractivity contribution is 0.112. The van der Waals surface area contributed by atoms with Gasteiger partial charge in [-0.25, -0.2) is 8.78 Å². The smallest absolute Gasteiger partial charge is 0.159 e. The molecule has 0 amide bonds. The van der Waals surface area contributed by atoms with Gasteiger partial charge in [-0.1, -0.05) is 13.0 Å². The van der Waals surface area contributed by atoms with E-state index < -0.39 is 11.6 Å². The molecule has 0 bridgehead atoms. The highest BCUT2D eigenvalue weighted by atomic mass is 19.2. The summed E-state index contributed by atoms with van der Waals surface area (Å²) in [6.07, 6.45) is 0. The Balaban J connectivity index is 2.20. The van der Waals surface area contributed by atoms with Crippen LogP contribution in [0.1, 0.15) is 18.5 Å². The summed E-state index contributed by atoms with van der Waals surface area (Å²) in [5, 5.41) is 12.6. The van der Waals surface area contributed by atoms with Crippen molar-refractivity contribution in [3.63, 3.8) is 0 Å². The minimum atomic E-state index is -0.824. The molecule has 124 valence electrons. The number of nitrogens with one attached hydrogen (secondary N) is 1. The molecule has 2 rings (SSSR count). The summed E-state index contributed by atoms with van der Waals surface area (Å²) in [6.45, 7) is 7.85. The zero-order valence-corrected chi connectivity index (χ0v) is 13.1. The Morgan fingerprint density at radius 1 is 1.27 bits per heavy atom. The van der Waals surface area contributed by atoms with Crippen molar-refractivity contribution >= 4 is 0 Å². The second-order valence-corrected chi connectivity index (χ2v) is 5.59. The number of halogens is 2. The standard InChI is InChI=1S/C16H25F2N3O/c1-2-21(9-10-22)16(12-20-7-5-19-6-8-20)13-3-4-14(17)15(18)11-13/h3-4,11,16,19,22H,2,5-10,12H2,1H3. The average molecular weight is 313 g/mol. The highest BCUT2D eigenvalue weighted by Crippen LogP contribution is 2.24. The van der Waals surface area contributed by atoms with Crippen molar-refractivity contribution in [2.45, 2.75) is 13.0 Å². The molecule has 4 nitrogen and oxygen atoms in total. The van der Waals surface area contributed by atoms with Crippen molar-refractivity contribution in [1.82, 2.24) is 15.1 Å². The lowest BCUT2D eigenvalue weighted by Gasteiger charge is -2.36. The summed E-state index contributed by atoms with van der Waals surface area (Å²) in [4.78, 5) is 4.43. The topological polar surface area (TPSA) is 38.7 Å². The number of aliphatic hydroxyl groups is 1. The van der Waals surface area contributed by atoms with Crippen molar-refractivity contribution in [3.05, 3.63) is 35.4 Å². The van der Waals surface area contributed by atoms with Crippen LogP contribution in [0, 0.1) is 11.6 Å². The molecule has 1 aliphatic heterocycles. The van der Waals surface area contributed by atoms with Crippen LogP contribution in [0.15, 0.2) is 18.2 Å². The van der Waals surface area contributed by atoms with Crippen LogP contribution in [0.2, 0.25) is 0 Å². The van der Waals surface area contributed by atoms with E-state index in [-0.39, 0.29) is 12.6 Å². The van der Waals surface area contributed by atoms with Crippen molar-refractivity contribution in [1.29, 1.82) is 0 Å². The molecule has 1 heterocycles. The third-order valence-corrected chi connectivity index (χ3v) is 4.20. The van der Waals surface area contributed by atoms with Gasteiger partial charge in [0.2, 0.25) is 0 Å². The van der Waals surface area contributed by atoms with Crippen molar-refractivity contribution in [2.75, 3.05) is 52.4 Å². The Morgan fingerprint density at radius 3 is 2.59 bits per heavy atom. The van der Waals surface area contributed by atoms with Gasteiger partial charge in [-0.3, -0.25) is 9.80 Å². The van der Waals surface area contributed by atoms with E-state index in [1.807, 2.05) is 6.92 Å². The quantitative estimate of drug-likeness (QED) is 0.794. The van der Waals surface area contributed by atoms with Gasteiger partial charge in [0.15, 0.2) is 11.6 Å². The van der Waals surface area contributed by atoms with Crippen LogP contribution >= 0.6 is 0 Å². The van der Waals surface area contributed by atoms with Crippen LogP contribution in [0.5, 0.6) is 0 Å². The largest absolute Gasteiger partial charge is 0.395 e. The summed E-state index contributed by atoms with van der Waals surface area (Å²) in [5.74, 6) is -1.64. The zero-order valence-electron chi connectivity index (χ0n) is 13.1. The van der Waals surface area contributed by atoms with Gasteiger partial charge in [0.1, 0.15) is 0 Å². The summed E-state index contributed by atoms with van der Waals surface area (Å²) >= 11 is 0. The maximum Gasteiger partial charge on any atom is 0.159 e. The SMILES string of the molecule is CCN(CCO)C(CN1CCNCC1)c1ccc(F)c(F)c1. The maximum atomic E-state index is 13.6. The van der Waals surface area contributed by atoms with Gasteiger partial charge in [0.25, 0.3) is 0 Å². The molecule has 1 aliphatic rings. The molecule has 0 aromatic heterocycles. The molecule has 0 spiro atoms. The predicted octanol–water partition coefficient (Wildman–Crippen LogP) is 1.23. The van der Waals surface area contributed by atoms with E-state index in [2.05, 4.69) is 15.1 Å². The monoisotopic (exact) mass is 313 g/mol. The molecule has 1 aromatic rings. The summed E-state index contributed by atoms with van der Waals surface area (Å²) in [6, 6.07) is 4.06. The highest BCUT2D eigenvalue weighted by Gasteiger charge is 2.23. The first-order valence-corrected chi connectivity index (χ1v) is 7.88. The molecule has 0 radical (unpaired) electrons. The fourth-order valence-corrected chi connectivity index (χ4v) is 2.95. The zero-order chi connectivity index (χ0) is 15.9. The molecule has 6 heteroatoms. The fourth-order valence-electron chi connectivity index (χ4n) is 2.95. The number of hydrogen-bond donors (Lipinski definition) is 2. The lowest BCUT2D eigenvalue weighted by Crippen LogP contribution is -2.47. The predicted molar refractivity (Wildman–Crippen MR) is 82.7 cm³/mol. The van der Waals surface area contributed by atoms with E-state index >= 15 is 0 Å². The molecule has 0 saturated carbocycles. The average Bonchev–Trinajstić information content (AvgIpc) is 2.54. The summed E-state index contributed by atoms with van der Waals surface area (Å²) < 4.78 is 26.8. The Bertz CT molecular complexity index is 467. The van der Waals surface area contributed by atoms with E-state index in [4.69, 9.17) is 0 Å². The normalized spacial score (nSPS) is 17.9. The lowest BCUT2D eigenvalue weighted by atomic mass is 10.0. The molecule has 1 aromatic carbocycles. The first kappa shape index (κ1) is 17.3.